The average Bonchev–Trinajstić information content (AvgIpc) is 3.13. The maximum absolute atomic E-state index is 13.1. The van der Waals surface area contributed by atoms with Crippen LogP contribution in [0.2, 0.25) is 0 Å². The molecule has 2 aromatic carbocycles. The number of carbonyl (C=O) groups is 2. The van der Waals surface area contributed by atoms with E-state index in [2.05, 4.69) is 10.3 Å². The number of pyridine rings is 1. The van der Waals surface area contributed by atoms with E-state index in [-0.39, 0.29) is 12.0 Å². The zero-order valence-corrected chi connectivity index (χ0v) is 16.6. The lowest BCUT2D eigenvalue weighted by molar-refractivity contribution is 0.102. The molecule has 2 heterocycles. The Bertz CT molecular complexity index is 1080. The molecule has 0 unspecified atom stereocenters. The molecule has 0 radical (unpaired) electrons. The lowest BCUT2D eigenvalue weighted by atomic mass is 9.99. The van der Waals surface area contributed by atoms with Gasteiger partial charge in [-0.3, -0.25) is 9.78 Å². The van der Waals surface area contributed by atoms with Crippen LogP contribution in [-0.4, -0.2) is 35.0 Å². The number of benzene rings is 2. The second-order valence-corrected chi connectivity index (χ2v) is 7.12. The molecule has 1 N–H and O–H groups in total. The summed E-state index contributed by atoms with van der Waals surface area (Å²) in [6.07, 6.45) is 0.485. The first-order valence-corrected chi connectivity index (χ1v) is 9.77. The molecule has 0 bridgehead atoms. The molecule has 0 spiro atoms. The predicted octanol–water partition coefficient (Wildman–Crippen LogP) is 4.31. The van der Waals surface area contributed by atoms with Crippen molar-refractivity contribution in [2.24, 2.45) is 0 Å². The Hall–Kier alpha value is -3.41. The molecular weight excluding hydrogens is 366 g/mol. The maximum atomic E-state index is 13.1. The Morgan fingerprint density at radius 2 is 1.93 bits per heavy atom. The van der Waals surface area contributed by atoms with Gasteiger partial charge in [0, 0.05) is 23.3 Å². The number of para-hydroxylation sites is 1. The third-order valence-electron chi connectivity index (χ3n) is 5.23. The van der Waals surface area contributed by atoms with Gasteiger partial charge in [-0.15, -0.1) is 0 Å². The van der Waals surface area contributed by atoms with Gasteiger partial charge in [-0.05, 0) is 42.7 Å². The lowest BCUT2D eigenvalue weighted by Gasteiger charge is -2.15. The summed E-state index contributed by atoms with van der Waals surface area (Å²) < 4.78 is 4.95. The summed E-state index contributed by atoms with van der Waals surface area (Å²) in [5.41, 5.74) is 5.03. The van der Waals surface area contributed by atoms with Crippen molar-refractivity contribution in [1.29, 1.82) is 0 Å². The van der Waals surface area contributed by atoms with E-state index in [0.717, 1.165) is 34.1 Å². The van der Waals surface area contributed by atoms with Crippen molar-refractivity contribution in [3.63, 3.8) is 0 Å². The summed E-state index contributed by atoms with van der Waals surface area (Å²) in [5, 5.41) is 3.85. The lowest BCUT2D eigenvalue weighted by Crippen LogP contribution is -2.23. The van der Waals surface area contributed by atoms with Crippen LogP contribution in [-0.2, 0) is 17.7 Å². The fraction of sp³-hybridized carbons (Fsp3) is 0.261. The molecular formula is C23H23N3O3. The van der Waals surface area contributed by atoms with E-state index in [1.807, 2.05) is 62.4 Å². The second kappa shape index (κ2) is 7.91. The van der Waals surface area contributed by atoms with Crippen LogP contribution >= 0.6 is 0 Å². The van der Waals surface area contributed by atoms with Crippen LogP contribution in [0.1, 0.15) is 34.1 Å². The minimum absolute atomic E-state index is 0.147. The van der Waals surface area contributed by atoms with Crippen molar-refractivity contribution in [2.75, 3.05) is 18.5 Å². The number of hydrogen-bond donors (Lipinski definition) is 1. The SMILES string of the molecule is CCc1nc2ccccc2c(C(=O)Nc2ccc(CN3CCOC3=O)cc2)c1C. The highest BCUT2D eigenvalue weighted by Crippen LogP contribution is 2.25. The Kier molecular flexibility index (Phi) is 5.16. The Morgan fingerprint density at radius 3 is 2.62 bits per heavy atom. The van der Waals surface area contributed by atoms with Gasteiger partial charge in [0.1, 0.15) is 6.61 Å². The van der Waals surface area contributed by atoms with Gasteiger partial charge < -0.3 is 15.0 Å². The molecule has 0 atom stereocenters. The predicted molar refractivity (Wildman–Crippen MR) is 112 cm³/mol. The number of fused-ring (bicyclic) bond motifs is 1. The van der Waals surface area contributed by atoms with E-state index >= 15 is 0 Å². The zero-order chi connectivity index (χ0) is 20.4. The largest absolute Gasteiger partial charge is 0.448 e. The Balaban J connectivity index is 1.57. The molecule has 148 valence electrons. The highest BCUT2D eigenvalue weighted by molar-refractivity contribution is 6.13. The molecule has 1 fully saturated rings. The average molecular weight is 389 g/mol. The first-order chi connectivity index (χ1) is 14.1. The van der Waals surface area contributed by atoms with Gasteiger partial charge in [0.25, 0.3) is 5.91 Å². The number of aryl methyl sites for hydroxylation is 1. The van der Waals surface area contributed by atoms with E-state index < -0.39 is 0 Å². The summed E-state index contributed by atoms with van der Waals surface area (Å²) in [4.78, 5) is 31.0. The number of rotatable bonds is 5. The maximum Gasteiger partial charge on any atom is 0.410 e. The summed E-state index contributed by atoms with van der Waals surface area (Å²) >= 11 is 0. The van der Waals surface area contributed by atoms with Crippen molar-refractivity contribution in [3.8, 4) is 0 Å². The monoisotopic (exact) mass is 389 g/mol. The van der Waals surface area contributed by atoms with E-state index in [1.165, 1.54) is 0 Å². The van der Waals surface area contributed by atoms with Crippen LogP contribution in [0.25, 0.3) is 10.9 Å². The number of carbonyl (C=O) groups excluding carboxylic acids is 2. The number of cyclic esters (lactones) is 1. The third-order valence-corrected chi connectivity index (χ3v) is 5.23. The molecule has 6 nitrogen and oxygen atoms in total. The van der Waals surface area contributed by atoms with Crippen molar-refractivity contribution < 1.29 is 14.3 Å². The van der Waals surface area contributed by atoms with Gasteiger partial charge >= 0.3 is 6.09 Å². The van der Waals surface area contributed by atoms with Crippen molar-refractivity contribution in [2.45, 2.75) is 26.8 Å². The van der Waals surface area contributed by atoms with Crippen molar-refractivity contribution >= 4 is 28.6 Å². The molecule has 0 saturated carbocycles. The number of amides is 2. The van der Waals surface area contributed by atoms with E-state index in [1.54, 1.807) is 4.90 Å². The van der Waals surface area contributed by atoms with Crippen LogP contribution < -0.4 is 5.32 Å². The fourth-order valence-corrected chi connectivity index (χ4v) is 3.67. The molecule has 1 aliphatic rings. The minimum atomic E-state index is -0.283. The standard InChI is InChI=1S/C23H23N3O3/c1-3-19-15(2)21(18-6-4-5-7-20(18)25-19)22(27)24-17-10-8-16(9-11-17)14-26-12-13-29-23(26)28/h4-11H,3,12-14H2,1-2H3,(H,24,27). The first kappa shape index (κ1) is 18.9. The Morgan fingerprint density at radius 1 is 1.17 bits per heavy atom. The number of nitrogens with zero attached hydrogens (tertiary/aromatic N) is 2. The molecule has 1 aliphatic heterocycles. The summed E-state index contributed by atoms with van der Waals surface area (Å²) in [7, 11) is 0. The number of ether oxygens (including phenoxy) is 1. The molecule has 29 heavy (non-hydrogen) atoms. The molecule has 1 saturated heterocycles. The fourth-order valence-electron chi connectivity index (χ4n) is 3.67. The molecule has 3 aromatic rings. The number of anilines is 1. The second-order valence-electron chi connectivity index (χ2n) is 7.12. The number of aromatic nitrogens is 1. The van der Waals surface area contributed by atoms with E-state index in [9.17, 15) is 9.59 Å². The normalized spacial score (nSPS) is 13.6. The molecule has 2 amide bonds. The summed E-state index contributed by atoms with van der Waals surface area (Å²) in [6.45, 7) is 5.53. The topological polar surface area (TPSA) is 71.5 Å². The van der Waals surface area contributed by atoms with Crippen molar-refractivity contribution in [1.82, 2.24) is 9.88 Å². The summed E-state index contributed by atoms with van der Waals surface area (Å²) in [6, 6.07) is 15.3. The van der Waals surface area contributed by atoms with Gasteiger partial charge in [0.15, 0.2) is 0 Å². The van der Waals surface area contributed by atoms with Crippen LogP contribution in [0, 0.1) is 6.92 Å². The molecule has 0 aliphatic carbocycles. The smallest absolute Gasteiger partial charge is 0.410 e. The first-order valence-electron chi connectivity index (χ1n) is 9.77. The van der Waals surface area contributed by atoms with Gasteiger partial charge in [-0.2, -0.15) is 0 Å². The third kappa shape index (κ3) is 3.78. The molecule has 4 rings (SSSR count). The van der Waals surface area contributed by atoms with Gasteiger partial charge in [0.05, 0.1) is 17.6 Å². The highest BCUT2D eigenvalue weighted by atomic mass is 16.6. The Labute approximate surface area is 169 Å². The zero-order valence-electron chi connectivity index (χ0n) is 16.6. The summed E-state index contributed by atoms with van der Waals surface area (Å²) in [5.74, 6) is -0.147. The number of hydrogen-bond acceptors (Lipinski definition) is 4. The quantitative estimate of drug-likeness (QED) is 0.706. The van der Waals surface area contributed by atoms with Crippen LogP contribution in [0.15, 0.2) is 48.5 Å². The minimum Gasteiger partial charge on any atom is -0.448 e. The van der Waals surface area contributed by atoms with E-state index in [4.69, 9.17) is 4.74 Å². The van der Waals surface area contributed by atoms with E-state index in [0.29, 0.717) is 30.9 Å². The van der Waals surface area contributed by atoms with Gasteiger partial charge in [0.2, 0.25) is 0 Å². The van der Waals surface area contributed by atoms with Gasteiger partial charge in [-0.25, -0.2) is 4.79 Å². The number of nitrogens with one attached hydrogen (secondary N) is 1. The molecule has 6 heteroatoms. The van der Waals surface area contributed by atoms with Crippen LogP contribution in [0.4, 0.5) is 10.5 Å². The van der Waals surface area contributed by atoms with Crippen LogP contribution in [0.3, 0.4) is 0 Å². The van der Waals surface area contributed by atoms with Crippen LogP contribution in [0.5, 0.6) is 0 Å². The van der Waals surface area contributed by atoms with Gasteiger partial charge in [-0.1, -0.05) is 37.3 Å². The molecule has 1 aromatic heterocycles. The highest BCUT2D eigenvalue weighted by Gasteiger charge is 2.22. The van der Waals surface area contributed by atoms with Crippen molar-refractivity contribution in [3.05, 3.63) is 70.9 Å².